The van der Waals surface area contributed by atoms with E-state index in [1.165, 1.54) is 6.07 Å². The molecule has 114 valence electrons. The highest BCUT2D eigenvalue weighted by atomic mass is 35.5. The van der Waals surface area contributed by atoms with E-state index in [4.69, 9.17) is 27.9 Å². The lowest BCUT2D eigenvalue weighted by Crippen LogP contribution is -1.96. The predicted octanol–water partition coefficient (Wildman–Crippen LogP) is 4.31. The summed E-state index contributed by atoms with van der Waals surface area (Å²) in [5, 5.41) is 21.4. The number of benzene rings is 1. The Balaban J connectivity index is 2.41. The number of nitro benzene ring substituents is 1. The van der Waals surface area contributed by atoms with Gasteiger partial charge in [-0.2, -0.15) is 0 Å². The van der Waals surface area contributed by atoms with Crippen molar-refractivity contribution in [1.29, 1.82) is 0 Å². The summed E-state index contributed by atoms with van der Waals surface area (Å²) in [7, 11) is 0. The zero-order valence-corrected chi connectivity index (χ0v) is 12.5. The van der Waals surface area contributed by atoms with Crippen molar-refractivity contribution in [1.82, 2.24) is 4.98 Å². The van der Waals surface area contributed by atoms with E-state index in [1.807, 2.05) is 0 Å². The highest BCUT2D eigenvalue weighted by molar-refractivity contribution is 6.33. The maximum absolute atomic E-state index is 10.9. The third-order valence-corrected chi connectivity index (χ3v) is 3.23. The summed E-state index contributed by atoms with van der Waals surface area (Å²) < 4.78 is 5.39. The third-order valence-electron chi connectivity index (χ3n) is 2.65. The van der Waals surface area contributed by atoms with Crippen LogP contribution < -0.4 is 4.74 Å². The van der Waals surface area contributed by atoms with Crippen LogP contribution in [0.15, 0.2) is 24.4 Å². The lowest BCUT2D eigenvalue weighted by molar-refractivity contribution is -0.385. The SMILES string of the molecule is Cc1cc(Cl)c([N+](=O)[O-])cc1Oc1ncc([N+](=O)[O-])cc1Cl. The number of aryl methyl sites for hydroxylation is 1. The minimum absolute atomic E-state index is 0.0300. The van der Waals surface area contributed by atoms with Crippen LogP contribution in [0.4, 0.5) is 11.4 Å². The van der Waals surface area contributed by atoms with Crippen LogP contribution in [0.5, 0.6) is 11.6 Å². The Morgan fingerprint density at radius 3 is 2.32 bits per heavy atom. The van der Waals surface area contributed by atoms with Gasteiger partial charge in [-0.1, -0.05) is 23.2 Å². The quantitative estimate of drug-likeness (QED) is 0.604. The summed E-state index contributed by atoms with van der Waals surface area (Å²) in [4.78, 5) is 23.9. The summed E-state index contributed by atoms with van der Waals surface area (Å²) >= 11 is 11.6. The Kier molecular flexibility index (Phi) is 4.43. The average molecular weight is 344 g/mol. The molecule has 2 aromatic rings. The van der Waals surface area contributed by atoms with E-state index in [2.05, 4.69) is 4.98 Å². The van der Waals surface area contributed by atoms with Crippen LogP contribution in [0.2, 0.25) is 10.0 Å². The van der Waals surface area contributed by atoms with Crippen LogP contribution in [0, 0.1) is 27.2 Å². The van der Waals surface area contributed by atoms with Gasteiger partial charge in [0.25, 0.3) is 11.4 Å². The van der Waals surface area contributed by atoms with Gasteiger partial charge in [0, 0.05) is 6.07 Å². The van der Waals surface area contributed by atoms with Crippen molar-refractivity contribution in [3.8, 4) is 11.6 Å². The van der Waals surface area contributed by atoms with E-state index >= 15 is 0 Å². The van der Waals surface area contributed by atoms with Gasteiger partial charge in [-0.15, -0.1) is 0 Å². The number of ether oxygens (including phenoxy) is 1. The van der Waals surface area contributed by atoms with Crippen molar-refractivity contribution in [3.05, 3.63) is 60.2 Å². The smallest absolute Gasteiger partial charge is 0.291 e. The molecule has 0 atom stereocenters. The van der Waals surface area contributed by atoms with Gasteiger partial charge in [-0.3, -0.25) is 20.2 Å². The molecule has 0 fully saturated rings. The predicted molar refractivity (Wildman–Crippen MR) is 78.8 cm³/mol. The van der Waals surface area contributed by atoms with Gasteiger partial charge < -0.3 is 4.74 Å². The molecule has 2 rings (SSSR count). The lowest BCUT2D eigenvalue weighted by atomic mass is 10.2. The van der Waals surface area contributed by atoms with Gasteiger partial charge in [-0.05, 0) is 18.6 Å². The molecule has 1 aromatic heterocycles. The molecule has 0 amide bonds. The van der Waals surface area contributed by atoms with E-state index < -0.39 is 9.85 Å². The summed E-state index contributed by atoms with van der Waals surface area (Å²) in [5.41, 5.74) is -0.108. The molecular formula is C12H7Cl2N3O5. The molecule has 0 N–H and O–H groups in total. The third kappa shape index (κ3) is 3.23. The summed E-state index contributed by atoms with van der Waals surface area (Å²) in [5.74, 6) is 0.0198. The summed E-state index contributed by atoms with van der Waals surface area (Å²) in [6.45, 7) is 1.63. The fourth-order valence-electron chi connectivity index (χ4n) is 1.59. The minimum atomic E-state index is -0.653. The maximum Gasteiger partial charge on any atom is 0.291 e. The molecule has 0 saturated heterocycles. The maximum atomic E-state index is 10.9. The van der Waals surface area contributed by atoms with Gasteiger partial charge >= 0.3 is 0 Å². The van der Waals surface area contributed by atoms with Gasteiger partial charge in [0.2, 0.25) is 5.88 Å². The first-order valence-electron chi connectivity index (χ1n) is 5.72. The minimum Gasteiger partial charge on any atom is -0.437 e. The molecule has 0 unspecified atom stereocenters. The Labute approximate surface area is 133 Å². The molecule has 0 bridgehead atoms. The van der Waals surface area contributed by atoms with Gasteiger partial charge in [0.1, 0.15) is 22.0 Å². The van der Waals surface area contributed by atoms with Crippen molar-refractivity contribution >= 4 is 34.6 Å². The second-order valence-corrected chi connectivity index (χ2v) is 4.98. The standard InChI is InChI=1S/C12H7Cl2N3O5/c1-6-2-8(13)10(17(20)21)4-11(6)22-12-9(14)3-7(5-15-12)16(18)19/h2-5H,1H3. The molecule has 1 heterocycles. The molecule has 0 aliphatic heterocycles. The topological polar surface area (TPSA) is 108 Å². The molecule has 1 aromatic carbocycles. The number of rotatable bonds is 4. The summed E-state index contributed by atoms with van der Waals surface area (Å²) in [6.07, 6.45) is 0.973. The van der Waals surface area contributed by atoms with Gasteiger partial charge in [0.05, 0.1) is 15.9 Å². The second kappa shape index (κ2) is 6.12. The molecule has 0 spiro atoms. The van der Waals surface area contributed by atoms with Crippen LogP contribution in [-0.4, -0.2) is 14.8 Å². The van der Waals surface area contributed by atoms with Crippen LogP contribution >= 0.6 is 23.2 Å². The Hall–Kier alpha value is -2.45. The van der Waals surface area contributed by atoms with Crippen LogP contribution in [0.1, 0.15) is 5.56 Å². The van der Waals surface area contributed by atoms with Crippen molar-refractivity contribution in [2.24, 2.45) is 0 Å². The van der Waals surface area contributed by atoms with Gasteiger partial charge in [0.15, 0.2) is 0 Å². The molecule has 22 heavy (non-hydrogen) atoms. The largest absolute Gasteiger partial charge is 0.437 e. The van der Waals surface area contributed by atoms with E-state index in [0.29, 0.717) is 5.56 Å². The number of hydrogen-bond acceptors (Lipinski definition) is 6. The Morgan fingerprint density at radius 2 is 1.77 bits per heavy atom. The number of pyridine rings is 1. The molecule has 10 heteroatoms. The van der Waals surface area contributed by atoms with Crippen molar-refractivity contribution in [2.45, 2.75) is 6.92 Å². The van der Waals surface area contributed by atoms with Crippen molar-refractivity contribution in [3.63, 3.8) is 0 Å². The average Bonchev–Trinajstić information content (AvgIpc) is 2.42. The highest BCUT2D eigenvalue weighted by Crippen LogP contribution is 2.36. The first kappa shape index (κ1) is 15.9. The van der Waals surface area contributed by atoms with Crippen molar-refractivity contribution in [2.75, 3.05) is 0 Å². The number of nitrogens with zero attached hydrogens (tertiary/aromatic N) is 3. The Morgan fingerprint density at radius 1 is 1.09 bits per heavy atom. The first-order valence-corrected chi connectivity index (χ1v) is 6.47. The number of hydrogen-bond donors (Lipinski definition) is 0. The molecule has 0 aliphatic rings. The number of nitro groups is 2. The van der Waals surface area contributed by atoms with E-state index in [-0.39, 0.29) is 33.0 Å². The van der Waals surface area contributed by atoms with Crippen LogP contribution in [-0.2, 0) is 0 Å². The molecule has 8 nitrogen and oxygen atoms in total. The van der Waals surface area contributed by atoms with E-state index in [1.54, 1.807) is 6.92 Å². The zero-order chi connectivity index (χ0) is 16.4. The normalized spacial score (nSPS) is 10.3. The fourth-order valence-corrected chi connectivity index (χ4v) is 2.07. The van der Waals surface area contributed by atoms with Crippen molar-refractivity contribution < 1.29 is 14.6 Å². The summed E-state index contributed by atoms with van der Waals surface area (Å²) in [6, 6.07) is 3.58. The van der Waals surface area contributed by atoms with Crippen LogP contribution in [0.25, 0.3) is 0 Å². The fraction of sp³-hybridized carbons (Fsp3) is 0.0833. The first-order chi connectivity index (χ1) is 10.3. The second-order valence-electron chi connectivity index (χ2n) is 4.17. The Bertz CT molecular complexity index is 782. The monoisotopic (exact) mass is 343 g/mol. The lowest BCUT2D eigenvalue weighted by Gasteiger charge is -2.09. The number of aromatic nitrogens is 1. The zero-order valence-electron chi connectivity index (χ0n) is 10.9. The van der Waals surface area contributed by atoms with Gasteiger partial charge in [-0.25, -0.2) is 4.98 Å². The molecule has 0 aliphatic carbocycles. The van der Waals surface area contributed by atoms with E-state index in [9.17, 15) is 20.2 Å². The molecule has 0 radical (unpaired) electrons. The molecular weight excluding hydrogens is 337 g/mol. The number of halogens is 2. The van der Waals surface area contributed by atoms with E-state index in [0.717, 1.165) is 18.3 Å². The highest BCUT2D eigenvalue weighted by Gasteiger charge is 2.18. The van der Waals surface area contributed by atoms with Crippen LogP contribution in [0.3, 0.4) is 0 Å². The molecule has 0 saturated carbocycles.